The lowest BCUT2D eigenvalue weighted by molar-refractivity contribution is 0.0945. The van der Waals surface area contributed by atoms with Crippen molar-refractivity contribution in [2.45, 2.75) is 39.3 Å². The fourth-order valence-corrected chi connectivity index (χ4v) is 1.96. The van der Waals surface area contributed by atoms with Crippen LogP contribution in [0.5, 0.6) is 0 Å². The average molecular weight is 274 g/mol. The number of hydrogen-bond donors (Lipinski definition) is 1. The number of aryl methyl sites for hydroxylation is 1. The summed E-state index contributed by atoms with van der Waals surface area (Å²) in [5.41, 5.74) is 6.38. The minimum atomic E-state index is -0.423. The Morgan fingerprint density at radius 1 is 1.67 bits per heavy atom. The first-order chi connectivity index (χ1) is 7.11. The highest BCUT2D eigenvalue weighted by Crippen LogP contribution is 2.18. The second kappa shape index (κ2) is 5.42. The predicted octanol–water partition coefficient (Wildman–Crippen LogP) is 1.98. The van der Waals surface area contributed by atoms with E-state index in [0.717, 1.165) is 10.9 Å². The van der Waals surface area contributed by atoms with E-state index < -0.39 is 6.04 Å². The molecule has 0 aromatic carbocycles. The van der Waals surface area contributed by atoms with Crippen molar-refractivity contribution < 1.29 is 4.79 Å². The summed E-state index contributed by atoms with van der Waals surface area (Å²) in [5, 5.41) is 4.09. The molecule has 0 aliphatic rings. The standard InChI is InChI=1S/C10H16BrN3O/c1-3-5-8(12)10(15)9-7(11)6-13-14(9)4-2/h6,8H,3-5,12H2,1-2H3. The summed E-state index contributed by atoms with van der Waals surface area (Å²) in [5.74, 6) is -0.0388. The van der Waals surface area contributed by atoms with Gasteiger partial charge in [0.1, 0.15) is 5.69 Å². The first kappa shape index (κ1) is 12.4. The molecule has 0 amide bonds. The average Bonchev–Trinajstić information content (AvgIpc) is 2.58. The van der Waals surface area contributed by atoms with Crippen molar-refractivity contribution in [1.82, 2.24) is 9.78 Å². The number of carbonyl (C=O) groups is 1. The van der Waals surface area contributed by atoms with Gasteiger partial charge in [-0.3, -0.25) is 9.48 Å². The zero-order valence-electron chi connectivity index (χ0n) is 9.03. The Kier molecular flexibility index (Phi) is 4.47. The Bertz CT molecular complexity index is 348. The van der Waals surface area contributed by atoms with Crippen molar-refractivity contribution in [3.63, 3.8) is 0 Å². The second-order valence-corrected chi connectivity index (χ2v) is 4.27. The third kappa shape index (κ3) is 2.66. The highest BCUT2D eigenvalue weighted by Gasteiger charge is 2.21. The van der Waals surface area contributed by atoms with Gasteiger partial charge >= 0.3 is 0 Å². The topological polar surface area (TPSA) is 60.9 Å². The molecular formula is C10H16BrN3O. The number of carbonyl (C=O) groups excluding carboxylic acids is 1. The van der Waals surface area contributed by atoms with Gasteiger partial charge < -0.3 is 5.73 Å². The fraction of sp³-hybridized carbons (Fsp3) is 0.600. The molecule has 0 radical (unpaired) electrons. The van der Waals surface area contributed by atoms with E-state index in [4.69, 9.17) is 5.73 Å². The van der Waals surface area contributed by atoms with Crippen LogP contribution < -0.4 is 5.73 Å². The number of halogens is 1. The Balaban J connectivity index is 2.94. The lowest BCUT2D eigenvalue weighted by Crippen LogP contribution is -2.32. The van der Waals surface area contributed by atoms with Crippen LogP contribution in [0.3, 0.4) is 0 Å². The fourth-order valence-electron chi connectivity index (χ4n) is 1.46. The van der Waals surface area contributed by atoms with Gasteiger partial charge in [0.2, 0.25) is 0 Å². The van der Waals surface area contributed by atoms with Crippen LogP contribution in [0.4, 0.5) is 0 Å². The monoisotopic (exact) mass is 273 g/mol. The molecule has 0 aliphatic carbocycles. The van der Waals surface area contributed by atoms with E-state index in [-0.39, 0.29) is 5.78 Å². The Morgan fingerprint density at radius 3 is 2.87 bits per heavy atom. The second-order valence-electron chi connectivity index (χ2n) is 3.42. The van der Waals surface area contributed by atoms with Crippen molar-refractivity contribution in [2.24, 2.45) is 5.73 Å². The third-order valence-corrected chi connectivity index (χ3v) is 2.84. The molecule has 84 valence electrons. The molecule has 0 saturated heterocycles. The van der Waals surface area contributed by atoms with Crippen LogP contribution in [0, 0.1) is 0 Å². The number of nitrogens with zero attached hydrogens (tertiary/aromatic N) is 2. The van der Waals surface area contributed by atoms with Crippen LogP contribution in [0.2, 0.25) is 0 Å². The molecule has 4 nitrogen and oxygen atoms in total. The molecule has 15 heavy (non-hydrogen) atoms. The maximum Gasteiger partial charge on any atom is 0.198 e. The van der Waals surface area contributed by atoms with E-state index >= 15 is 0 Å². The summed E-state index contributed by atoms with van der Waals surface area (Å²) < 4.78 is 2.39. The van der Waals surface area contributed by atoms with E-state index in [2.05, 4.69) is 21.0 Å². The van der Waals surface area contributed by atoms with E-state index in [9.17, 15) is 4.79 Å². The summed E-state index contributed by atoms with van der Waals surface area (Å²) in [6.07, 6.45) is 3.25. The van der Waals surface area contributed by atoms with E-state index in [1.807, 2.05) is 13.8 Å². The number of nitrogens with two attached hydrogens (primary N) is 1. The molecule has 1 heterocycles. The first-order valence-electron chi connectivity index (χ1n) is 5.12. The third-order valence-electron chi connectivity index (χ3n) is 2.26. The molecule has 0 spiro atoms. The SMILES string of the molecule is CCCC(N)C(=O)c1c(Br)cnn1CC. The number of aromatic nitrogens is 2. The summed E-state index contributed by atoms with van der Waals surface area (Å²) in [7, 11) is 0. The maximum atomic E-state index is 12.0. The predicted molar refractivity (Wildman–Crippen MR) is 62.8 cm³/mol. The molecule has 0 saturated carbocycles. The van der Waals surface area contributed by atoms with E-state index in [1.54, 1.807) is 10.9 Å². The van der Waals surface area contributed by atoms with Gasteiger partial charge in [-0.15, -0.1) is 0 Å². The van der Waals surface area contributed by atoms with Gasteiger partial charge in [-0.1, -0.05) is 13.3 Å². The molecule has 2 N–H and O–H groups in total. The summed E-state index contributed by atoms with van der Waals surface area (Å²) in [6, 6.07) is -0.423. The van der Waals surface area contributed by atoms with Crippen molar-refractivity contribution >= 4 is 21.7 Å². The molecular weight excluding hydrogens is 258 g/mol. The van der Waals surface area contributed by atoms with Gasteiger partial charge in [0.25, 0.3) is 0 Å². The van der Waals surface area contributed by atoms with Crippen molar-refractivity contribution in [1.29, 1.82) is 0 Å². The zero-order chi connectivity index (χ0) is 11.4. The molecule has 1 atom stereocenters. The Labute approximate surface area is 98.0 Å². The van der Waals surface area contributed by atoms with Crippen LogP contribution in [-0.4, -0.2) is 21.6 Å². The molecule has 0 fully saturated rings. The van der Waals surface area contributed by atoms with E-state index in [1.165, 1.54) is 0 Å². The van der Waals surface area contributed by atoms with Crippen LogP contribution in [0.25, 0.3) is 0 Å². The number of rotatable bonds is 5. The molecule has 1 unspecified atom stereocenters. The lowest BCUT2D eigenvalue weighted by atomic mass is 10.1. The van der Waals surface area contributed by atoms with Crippen LogP contribution in [0.1, 0.15) is 37.2 Å². The van der Waals surface area contributed by atoms with Gasteiger partial charge in [0.05, 0.1) is 16.7 Å². The lowest BCUT2D eigenvalue weighted by Gasteiger charge is -2.10. The molecule has 0 bridgehead atoms. The number of ketones is 1. The summed E-state index contributed by atoms with van der Waals surface area (Å²) >= 11 is 3.32. The molecule has 1 aromatic heterocycles. The van der Waals surface area contributed by atoms with Gasteiger partial charge in [-0.2, -0.15) is 5.10 Å². The highest BCUT2D eigenvalue weighted by molar-refractivity contribution is 9.10. The summed E-state index contributed by atoms with van der Waals surface area (Å²) in [6.45, 7) is 4.63. The van der Waals surface area contributed by atoms with Gasteiger partial charge in [-0.25, -0.2) is 0 Å². The Morgan fingerprint density at radius 2 is 2.33 bits per heavy atom. The molecule has 1 aromatic rings. The number of hydrogen-bond acceptors (Lipinski definition) is 3. The van der Waals surface area contributed by atoms with E-state index in [0.29, 0.717) is 18.7 Å². The van der Waals surface area contributed by atoms with Crippen LogP contribution >= 0.6 is 15.9 Å². The normalized spacial score (nSPS) is 12.8. The zero-order valence-corrected chi connectivity index (χ0v) is 10.6. The van der Waals surface area contributed by atoms with Crippen molar-refractivity contribution in [3.05, 3.63) is 16.4 Å². The maximum absolute atomic E-state index is 12.0. The smallest absolute Gasteiger partial charge is 0.198 e. The van der Waals surface area contributed by atoms with Gasteiger partial charge in [0.15, 0.2) is 5.78 Å². The first-order valence-corrected chi connectivity index (χ1v) is 5.92. The molecule has 5 heteroatoms. The Hall–Kier alpha value is -0.680. The molecule has 0 aliphatic heterocycles. The van der Waals surface area contributed by atoms with Crippen LogP contribution in [-0.2, 0) is 6.54 Å². The molecule has 1 rings (SSSR count). The quantitative estimate of drug-likeness (QED) is 0.835. The van der Waals surface area contributed by atoms with Gasteiger partial charge in [-0.05, 0) is 29.3 Å². The minimum Gasteiger partial charge on any atom is -0.321 e. The van der Waals surface area contributed by atoms with Gasteiger partial charge in [0, 0.05) is 6.54 Å². The van der Waals surface area contributed by atoms with Crippen molar-refractivity contribution in [2.75, 3.05) is 0 Å². The number of Topliss-reactive ketones (excluding diaryl/α,β-unsaturated/α-hetero) is 1. The summed E-state index contributed by atoms with van der Waals surface area (Å²) in [4.78, 5) is 12.0. The van der Waals surface area contributed by atoms with Crippen molar-refractivity contribution in [3.8, 4) is 0 Å². The largest absolute Gasteiger partial charge is 0.321 e. The van der Waals surface area contributed by atoms with Crippen LogP contribution in [0.15, 0.2) is 10.7 Å². The highest BCUT2D eigenvalue weighted by atomic mass is 79.9. The minimum absolute atomic E-state index is 0.0388.